The predicted molar refractivity (Wildman–Crippen MR) is 64.6 cm³/mol. The Morgan fingerprint density at radius 3 is 1.94 bits per heavy atom. The first-order chi connectivity index (χ1) is 7.79. The van der Waals surface area contributed by atoms with E-state index in [1.54, 1.807) is 13.8 Å². The van der Waals surface area contributed by atoms with Crippen LogP contribution < -0.4 is 0 Å². The van der Waals surface area contributed by atoms with Crippen molar-refractivity contribution < 1.29 is 10.4 Å². The molecule has 2 N–H and O–H groups in total. The molecule has 1 saturated heterocycles. The monoisotopic (exact) mass is 236 g/mol. The van der Waals surface area contributed by atoms with Gasteiger partial charge < -0.3 is 10.4 Å². The van der Waals surface area contributed by atoms with Crippen molar-refractivity contribution in [2.45, 2.75) is 44.9 Å². The van der Waals surface area contributed by atoms with Crippen LogP contribution in [0, 0.1) is 0 Å². The summed E-state index contributed by atoms with van der Waals surface area (Å²) in [5.41, 5.74) is -0.367. The molecule has 0 amide bonds. The molecular formula is C13H20N2O2. The summed E-state index contributed by atoms with van der Waals surface area (Å²) in [6, 6.07) is 9.48. The van der Waals surface area contributed by atoms with Crippen molar-refractivity contribution in [2.24, 2.45) is 0 Å². The van der Waals surface area contributed by atoms with Gasteiger partial charge in [0.1, 0.15) is 5.66 Å². The molecule has 4 nitrogen and oxygen atoms in total. The fraction of sp³-hybridized carbons (Fsp3) is 0.538. The first kappa shape index (κ1) is 12.5. The van der Waals surface area contributed by atoms with Gasteiger partial charge in [-0.1, -0.05) is 30.3 Å². The molecule has 0 aliphatic carbocycles. The van der Waals surface area contributed by atoms with Crippen LogP contribution in [0.5, 0.6) is 0 Å². The van der Waals surface area contributed by atoms with Crippen molar-refractivity contribution >= 4 is 0 Å². The molecule has 0 radical (unpaired) electrons. The van der Waals surface area contributed by atoms with Crippen LogP contribution in [0.15, 0.2) is 30.3 Å². The molecule has 17 heavy (non-hydrogen) atoms. The largest absolute Gasteiger partial charge is 0.312 e. The van der Waals surface area contributed by atoms with Crippen LogP contribution >= 0.6 is 0 Å². The second kappa shape index (κ2) is 3.78. The molecular weight excluding hydrogens is 216 g/mol. The molecule has 0 aromatic heterocycles. The molecule has 2 rings (SSSR count). The Morgan fingerprint density at radius 2 is 1.53 bits per heavy atom. The van der Waals surface area contributed by atoms with Gasteiger partial charge in [-0.2, -0.15) is 10.1 Å². The average molecular weight is 236 g/mol. The van der Waals surface area contributed by atoms with E-state index in [0.29, 0.717) is 0 Å². The number of hydroxylamine groups is 4. The van der Waals surface area contributed by atoms with Crippen molar-refractivity contribution in [1.82, 2.24) is 10.1 Å². The fourth-order valence-electron chi connectivity index (χ4n) is 2.72. The first-order valence-corrected chi connectivity index (χ1v) is 5.82. The molecule has 1 unspecified atom stereocenters. The lowest BCUT2D eigenvalue weighted by molar-refractivity contribution is -0.260. The lowest BCUT2D eigenvalue weighted by atomic mass is 9.90. The molecule has 0 spiro atoms. The third-order valence-corrected chi connectivity index (χ3v) is 3.65. The summed E-state index contributed by atoms with van der Waals surface area (Å²) < 4.78 is 0. The van der Waals surface area contributed by atoms with Gasteiger partial charge in [-0.05, 0) is 33.3 Å². The maximum absolute atomic E-state index is 10.3. The Balaban J connectivity index is 2.48. The summed E-state index contributed by atoms with van der Waals surface area (Å²) in [7, 11) is 0. The third-order valence-electron chi connectivity index (χ3n) is 3.65. The van der Waals surface area contributed by atoms with Gasteiger partial charge in [-0.25, -0.2) is 0 Å². The second-order valence-electron chi connectivity index (χ2n) is 5.62. The smallest absolute Gasteiger partial charge is 0.116 e. The van der Waals surface area contributed by atoms with Gasteiger partial charge in [0.05, 0.1) is 11.6 Å². The normalized spacial score (nSPS) is 28.5. The third kappa shape index (κ3) is 1.68. The van der Waals surface area contributed by atoms with Crippen molar-refractivity contribution in [1.29, 1.82) is 0 Å². The number of hydrogen-bond donors (Lipinski definition) is 2. The minimum Gasteiger partial charge on any atom is -0.312 e. The zero-order valence-electron chi connectivity index (χ0n) is 10.8. The quantitative estimate of drug-likeness (QED) is 0.787. The van der Waals surface area contributed by atoms with E-state index in [2.05, 4.69) is 0 Å². The molecule has 0 bridgehead atoms. The first-order valence-electron chi connectivity index (χ1n) is 5.82. The van der Waals surface area contributed by atoms with E-state index in [1.165, 1.54) is 10.1 Å². The van der Waals surface area contributed by atoms with Gasteiger partial charge >= 0.3 is 0 Å². The topological polar surface area (TPSA) is 46.9 Å². The Morgan fingerprint density at radius 1 is 1.00 bits per heavy atom. The van der Waals surface area contributed by atoms with Crippen LogP contribution in [0.2, 0.25) is 0 Å². The van der Waals surface area contributed by atoms with Gasteiger partial charge in [0.25, 0.3) is 0 Å². The molecule has 0 saturated carbocycles. The van der Waals surface area contributed by atoms with Crippen molar-refractivity contribution in [3.8, 4) is 0 Å². The number of nitrogens with zero attached hydrogens (tertiary/aromatic N) is 2. The summed E-state index contributed by atoms with van der Waals surface area (Å²) >= 11 is 0. The van der Waals surface area contributed by atoms with E-state index >= 15 is 0 Å². The van der Waals surface area contributed by atoms with Gasteiger partial charge in [0.2, 0.25) is 0 Å². The molecule has 1 aliphatic heterocycles. The van der Waals surface area contributed by atoms with E-state index in [1.807, 2.05) is 44.2 Å². The second-order valence-corrected chi connectivity index (χ2v) is 5.62. The molecule has 1 fully saturated rings. The lowest BCUT2D eigenvalue weighted by Crippen LogP contribution is -2.49. The highest BCUT2D eigenvalue weighted by Crippen LogP contribution is 2.47. The Kier molecular flexibility index (Phi) is 2.78. The standard InChI is InChI=1S/C13H20N2O2/c1-12(2)11(10-8-6-5-7-9-10)14(16)13(3,4)15(12)17/h5-9,11,16-17H,1-4H3. The van der Waals surface area contributed by atoms with Crippen LogP contribution in [0.25, 0.3) is 0 Å². The Hall–Kier alpha value is -0.940. The van der Waals surface area contributed by atoms with Crippen LogP contribution in [-0.2, 0) is 0 Å². The summed E-state index contributed by atoms with van der Waals surface area (Å²) in [5.74, 6) is 0. The van der Waals surface area contributed by atoms with Gasteiger partial charge in [0, 0.05) is 0 Å². The van der Waals surface area contributed by atoms with E-state index < -0.39 is 11.2 Å². The molecule has 1 aromatic carbocycles. The van der Waals surface area contributed by atoms with Crippen LogP contribution in [-0.4, -0.2) is 31.7 Å². The zero-order chi connectivity index (χ0) is 12.8. The highest BCUT2D eigenvalue weighted by atomic mass is 16.6. The van der Waals surface area contributed by atoms with Crippen molar-refractivity contribution in [2.75, 3.05) is 0 Å². The summed E-state index contributed by atoms with van der Waals surface area (Å²) in [6.07, 6.45) is 0. The molecule has 1 aromatic rings. The summed E-state index contributed by atoms with van der Waals surface area (Å²) in [4.78, 5) is 0. The highest BCUT2D eigenvalue weighted by Gasteiger charge is 2.57. The van der Waals surface area contributed by atoms with E-state index in [4.69, 9.17) is 0 Å². The number of rotatable bonds is 1. The molecule has 1 atom stereocenters. The fourth-order valence-corrected chi connectivity index (χ4v) is 2.72. The average Bonchev–Trinajstić information content (AvgIpc) is 2.39. The van der Waals surface area contributed by atoms with E-state index in [9.17, 15) is 10.4 Å². The predicted octanol–water partition coefficient (Wildman–Crippen LogP) is 2.64. The zero-order valence-corrected chi connectivity index (χ0v) is 10.8. The summed E-state index contributed by atoms with van der Waals surface area (Å²) in [6.45, 7) is 7.42. The molecule has 1 heterocycles. The molecule has 1 aliphatic rings. The maximum Gasteiger partial charge on any atom is 0.116 e. The highest BCUT2D eigenvalue weighted by molar-refractivity contribution is 5.25. The van der Waals surface area contributed by atoms with Gasteiger partial charge in [-0.3, -0.25) is 0 Å². The number of hydrogen-bond acceptors (Lipinski definition) is 4. The van der Waals surface area contributed by atoms with Crippen molar-refractivity contribution in [3.63, 3.8) is 0 Å². The van der Waals surface area contributed by atoms with Crippen LogP contribution in [0.1, 0.15) is 39.3 Å². The Bertz CT molecular complexity index is 403. The lowest BCUT2D eigenvalue weighted by Gasteiger charge is -2.33. The minimum absolute atomic E-state index is 0.260. The molecule has 4 heteroatoms. The van der Waals surface area contributed by atoms with E-state index in [-0.39, 0.29) is 6.04 Å². The van der Waals surface area contributed by atoms with Crippen molar-refractivity contribution in [3.05, 3.63) is 35.9 Å². The van der Waals surface area contributed by atoms with Crippen LogP contribution in [0.3, 0.4) is 0 Å². The SMILES string of the molecule is CC1(C)C(c2ccccc2)N(O)C(C)(C)N1O. The van der Waals surface area contributed by atoms with Gasteiger partial charge in [-0.15, -0.1) is 0 Å². The number of benzene rings is 1. The minimum atomic E-state index is -0.802. The molecule has 94 valence electrons. The maximum atomic E-state index is 10.3. The van der Waals surface area contributed by atoms with E-state index in [0.717, 1.165) is 5.56 Å². The Labute approximate surface area is 102 Å². The van der Waals surface area contributed by atoms with Crippen LogP contribution in [0.4, 0.5) is 0 Å². The summed E-state index contributed by atoms with van der Waals surface area (Å²) in [5, 5.41) is 23.0. The van der Waals surface area contributed by atoms with Gasteiger partial charge in [0.15, 0.2) is 0 Å².